The standard InChI is InChI=1S/C26H36N4O4/c1-4-16-34-17-13-27-25(31)23-10-5-19(2)29-24(23)21-11-14-30(15-12-21)26(32)28-18-20-6-8-22(33-3)9-7-20/h5-10,21H,4,11-18H2,1-3H3,(H,27,31)(H,28,32). The Morgan fingerprint density at radius 2 is 1.79 bits per heavy atom. The van der Waals surface area contributed by atoms with E-state index in [-0.39, 0.29) is 17.9 Å². The Morgan fingerprint density at radius 3 is 2.47 bits per heavy atom. The molecule has 0 bridgehead atoms. The Kier molecular flexibility index (Phi) is 9.70. The summed E-state index contributed by atoms with van der Waals surface area (Å²) in [5.41, 5.74) is 3.34. The summed E-state index contributed by atoms with van der Waals surface area (Å²) >= 11 is 0. The maximum Gasteiger partial charge on any atom is 0.317 e. The predicted molar refractivity (Wildman–Crippen MR) is 131 cm³/mol. The Hall–Kier alpha value is -3.13. The summed E-state index contributed by atoms with van der Waals surface area (Å²) in [4.78, 5) is 32.0. The molecule has 184 valence electrons. The number of carbonyl (C=O) groups excluding carboxylic acids is 2. The van der Waals surface area contributed by atoms with E-state index >= 15 is 0 Å². The molecule has 0 radical (unpaired) electrons. The van der Waals surface area contributed by atoms with E-state index in [0.717, 1.165) is 42.0 Å². The molecule has 2 heterocycles. The van der Waals surface area contributed by atoms with Crippen molar-refractivity contribution in [2.45, 2.75) is 45.6 Å². The van der Waals surface area contributed by atoms with Gasteiger partial charge in [0.25, 0.3) is 5.91 Å². The molecule has 1 fully saturated rings. The van der Waals surface area contributed by atoms with Crippen LogP contribution in [0.5, 0.6) is 5.75 Å². The molecule has 3 rings (SSSR count). The molecule has 3 amide bonds. The van der Waals surface area contributed by atoms with Crippen molar-refractivity contribution < 1.29 is 19.1 Å². The summed E-state index contributed by atoms with van der Waals surface area (Å²) in [5.74, 6) is 0.810. The van der Waals surface area contributed by atoms with Crippen LogP contribution in [0.4, 0.5) is 4.79 Å². The van der Waals surface area contributed by atoms with Gasteiger partial charge in [-0.15, -0.1) is 0 Å². The van der Waals surface area contributed by atoms with Crippen LogP contribution in [0.3, 0.4) is 0 Å². The molecule has 1 aliphatic rings. The second kappa shape index (κ2) is 12.9. The average molecular weight is 469 g/mol. The number of aromatic nitrogens is 1. The van der Waals surface area contributed by atoms with Crippen molar-refractivity contribution in [2.24, 2.45) is 0 Å². The highest BCUT2D eigenvalue weighted by molar-refractivity contribution is 5.95. The van der Waals surface area contributed by atoms with Crippen molar-refractivity contribution in [3.05, 3.63) is 58.9 Å². The normalized spacial score (nSPS) is 14.0. The van der Waals surface area contributed by atoms with Crippen LogP contribution in [-0.2, 0) is 11.3 Å². The second-order valence-electron chi connectivity index (χ2n) is 8.52. The van der Waals surface area contributed by atoms with E-state index in [9.17, 15) is 9.59 Å². The van der Waals surface area contributed by atoms with Crippen molar-refractivity contribution in [1.29, 1.82) is 0 Å². The Labute approximate surface area is 202 Å². The summed E-state index contributed by atoms with van der Waals surface area (Å²) in [6, 6.07) is 11.3. The number of pyridine rings is 1. The SMILES string of the molecule is CCCOCCNC(=O)c1ccc(C)nc1C1CCN(C(=O)NCc2ccc(OC)cc2)CC1. The van der Waals surface area contributed by atoms with Gasteiger partial charge in [-0.25, -0.2) is 4.79 Å². The number of nitrogens with one attached hydrogen (secondary N) is 2. The largest absolute Gasteiger partial charge is 0.497 e. The van der Waals surface area contributed by atoms with Crippen LogP contribution in [0.15, 0.2) is 36.4 Å². The maximum atomic E-state index is 12.8. The highest BCUT2D eigenvalue weighted by Gasteiger charge is 2.27. The summed E-state index contributed by atoms with van der Waals surface area (Å²) in [6.45, 7) is 7.37. The van der Waals surface area contributed by atoms with E-state index in [4.69, 9.17) is 14.5 Å². The second-order valence-corrected chi connectivity index (χ2v) is 8.52. The number of urea groups is 1. The van der Waals surface area contributed by atoms with Gasteiger partial charge in [-0.1, -0.05) is 19.1 Å². The van der Waals surface area contributed by atoms with Crippen LogP contribution in [-0.4, -0.2) is 61.8 Å². The van der Waals surface area contributed by atoms with Crippen LogP contribution in [0.1, 0.15) is 59.4 Å². The quantitative estimate of drug-likeness (QED) is 0.520. The zero-order valence-corrected chi connectivity index (χ0v) is 20.4. The van der Waals surface area contributed by atoms with Gasteiger partial charge in [0, 0.05) is 44.4 Å². The van der Waals surface area contributed by atoms with Gasteiger partial charge in [0.15, 0.2) is 0 Å². The number of methoxy groups -OCH3 is 1. The summed E-state index contributed by atoms with van der Waals surface area (Å²) in [6.07, 6.45) is 2.50. The van der Waals surface area contributed by atoms with Gasteiger partial charge in [-0.3, -0.25) is 9.78 Å². The minimum atomic E-state index is -0.123. The molecule has 2 N–H and O–H groups in total. The minimum Gasteiger partial charge on any atom is -0.497 e. The Balaban J connectivity index is 1.53. The van der Waals surface area contributed by atoms with Gasteiger partial charge in [-0.05, 0) is 56.0 Å². The van der Waals surface area contributed by atoms with Gasteiger partial charge in [0.05, 0.1) is 25.0 Å². The number of benzene rings is 1. The summed E-state index contributed by atoms with van der Waals surface area (Å²) in [7, 11) is 1.63. The maximum absolute atomic E-state index is 12.8. The number of ether oxygens (including phenoxy) is 2. The molecule has 0 atom stereocenters. The van der Waals surface area contributed by atoms with Crippen LogP contribution >= 0.6 is 0 Å². The highest BCUT2D eigenvalue weighted by atomic mass is 16.5. The summed E-state index contributed by atoms with van der Waals surface area (Å²) in [5, 5.41) is 5.93. The van der Waals surface area contributed by atoms with E-state index in [1.165, 1.54) is 0 Å². The number of hydrogen-bond acceptors (Lipinski definition) is 5. The van der Waals surface area contributed by atoms with Crippen LogP contribution in [0.2, 0.25) is 0 Å². The van der Waals surface area contributed by atoms with Gasteiger partial charge in [0.2, 0.25) is 0 Å². The smallest absolute Gasteiger partial charge is 0.317 e. The lowest BCUT2D eigenvalue weighted by Crippen LogP contribution is -2.44. The number of carbonyl (C=O) groups is 2. The zero-order valence-electron chi connectivity index (χ0n) is 20.4. The third kappa shape index (κ3) is 7.18. The van der Waals surface area contributed by atoms with Gasteiger partial charge >= 0.3 is 6.03 Å². The van der Waals surface area contributed by atoms with Crippen molar-refractivity contribution in [2.75, 3.05) is 40.0 Å². The first kappa shape index (κ1) is 25.5. The molecule has 0 aliphatic carbocycles. The van der Waals surface area contributed by atoms with Crippen molar-refractivity contribution >= 4 is 11.9 Å². The van der Waals surface area contributed by atoms with E-state index in [1.807, 2.05) is 48.2 Å². The molecule has 0 unspecified atom stereocenters. The topological polar surface area (TPSA) is 92.8 Å². The molecule has 0 spiro atoms. The Morgan fingerprint density at radius 1 is 1.06 bits per heavy atom. The van der Waals surface area contributed by atoms with Crippen LogP contribution in [0, 0.1) is 6.92 Å². The zero-order chi connectivity index (χ0) is 24.3. The third-order valence-corrected chi connectivity index (χ3v) is 5.96. The lowest BCUT2D eigenvalue weighted by molar-refractivity contribution is 0.0912. The molecule has 8 nitrogen and oxygen atoms in total. The number of nitrogens with zero attached hydrogens (tertiary/aromatic N) is 2. The lowest BCUT2D eigenvalue weighted by atomic mass is 9.90. The molecule has 0 saturated carbocycles. The van der Waals surface area contributed by atoms with E-state index in [1.54, 1.807) is 7.11 Å². The predicted octanol–water partition coefficient (Wildman–Crippen LogP) is 3.64. The number of likely N-dealkylation sites (tertiary alicyclic amines) is 1. The highest BCUT2D eigenvalue weighted by Crippen LogP contribution is 2.29. The Bertz CT molecular complexity index is 940. The number of amides is 3. The molecule has 8 heteroatoms. The van der Waals surface area contributed by atoms with Gasteiger partial charge in [0.1, 0.15) is 5.75 Å². The molecule has 1 aromatic carbocycles. The first-order chi connectivity index (χ1) is 16.5. The molecule has 34 heavy (non-hydrogen) atoms. The number of piperidine rings is 1. The van der Waals surface area contributed by atoms with Gasteiger partial charge < -0.3 is 25.0 Å². The average Bonchev–Trinajstić information content (AvgIpc) is 2.87. The fraction of sp³-hybridized carbons (Fsp3) is 0.500. The molecular weight excluding hydrogens is 432 g/mol. The molecule has 2 aromatic rings. The first-order valence-electron chi connectivity index (χ1n) is 12.0. The molecule has 1 aliphatic heterocycles. The fourth-order valence-electron chi connectivity index (χ4n) is 4.05. The molecule has 1 saturated heterocycles. The van der Waals surface area contributed by atoms with Gasteiger partial charge in [-0.2, -0.15) is 0 Å². The molecule has 1 aromatic heterocycles. The lowest BCUT2D eigenvalue weighted by Gasteiger charge is -2.32. The fourth-order valence-corrected chi connectivity index (χ4v) is 4.05. The van der Waals surface area contributed by atoms with Crippen LogP contribution in [0.25, 0.3) is 0 Å². The molecular formula is C26H36N4O4. The van der Waals surface area contributed by atoms with Crippen molar-refractivity contribution in [3.8, 4) is 5.75 Å². The van der Waals surface area contributed by atoms with Crippen LogP contribution < -0.4 is 15.4 Å². The van der Waals surface area contributed by atoms with Crippen molar-refractivity contribution in [3.63, 3.8) is 0 Å². The van der Waals surface area contributed by atoms with E-state index in [0.29, 0.717) is 45.0 Å². The third-order valence-electron chi connectivity index (χ3n) is 5.96. The monoisotopic (exact) mass is 468 g/mol. The summed E-state index contributed by atoms with van der Waals surface area (Å²) < 4.78 is 10.6. The van der Waals surface area contributed by atoms with E-state index < -0.39 is 0 Å². The van der Waals surface area contributed by atoms with Crippen molar-refractivity contribution in [1.82, 2.24) is 20.5 Å². The number of aryl methyl sites for hydroxylation is 1. The minimum absolute atomic E-state index is 0.0727. The number of rotatable bonds is 10. The number of hydrogen-bond donors (Lipinski definition) is 2. The first-order valence-corrected chi connectivity index (χ1v) is 12.0. The van der Waals surface area contributed by atoms with E-state index in [2.05, 4.69) is 17.6 Å².